The summed E-state index contributed by atoms with van der Waals surface area (Å²) in [7, 11) is 0. The van der Waals surface area contributed by atoms with E-state index in [1.165, 1.54) is 6.42 Å². The van der Waals surface area contributed by atoms with Gasteiger partial charge in [0.2, 0.25) is 0 Å². The second-order valence-electron chi connectivity index (χ2n) is 3.59. The summed E-state index contributed by atoms with van der Waals surface area (Å²) in [4.78, 5) is 10.7. The lowest BCUT2D eigenvalue weighted by Gasteiger charge is -2.25. The Labute approximate surface area is 73.3 Å². The van der Waals surface area contributed by atoms with E-state index in [0.717, 1.165) is 25.7 Å². The van der Waals surface area contributed by atoms with Crippen molar-refractivity contribution >= 4 is 5.97 Å². The smallest absolute Gasteiger partial charge is 0.306 e. The van der Waals surface area contributed by atoms with Crippen LogP contribution in [0, 0.1) is 11.8 Å². The molecule has 0 aromatic carbocycles. The van der Waals surface area contributed by atoms with E-state index in [9.17, 15) is 4.79 Å². The van der Waals surface area contributed by atoms with Crippen molar-refractivity contribution in [2.45, 2.75) is 32.1 Å². The van der Waals surface area contributed by atoms with E-state index in [1.54, 1.807) is 0 Å². The van der Waals surface area contributed by atoms with Gasteiger partial charge in [0.1, 0.15) is 0 Å². The summed E-state index contributed by atoms with van der Waals surface area (Å²) >= 11 is 0. The molecule has 0 heterocycles. The number of carboxylic acid groups (broad SMARTS) is 1. The van der Waals surface area contributed by atoms with Gasteiger partial charge in [-0.15, -0.1) is 6.58 Å². The van der Waals surface area contributed by atoms with Gasteiger partial charge in [0.25, 0.3) is 0 Å². The van der Waals surface area contributed by atoms with E-state index in [2.05, 4.69) is 6.58 Å². The fraction of sp³-hybridized carbons (Fsp3) is 0.700. The van der Waals surface area contributed by atoms with Crippen LogP contribution in [0.3, 0.4) is 0 Å². The van der Waals surface area contributed by atoms with E-state index in [-0.39, 0.29) is 5.92 Å². The van der Waals surface area contributed by atoms with Gasteiger partial charge in [-0.3, -0.25) is 4.79 Å². The molecule has 68 valence electrons. The predicted molar refractivity (Wildman–Crippen MR) is 47.9 cm³/mol. The molecule has 0 aromatic heterocycles. The molecular formula is C10H16O2. The van der Waals surface area contributed by atoms with Gasteiger partial charge in [0, 0.05) is 0 Å². The molecule has 1 rings (SSSR count). The van der Waals surface area contributed by atoms with Crippen LogP contribution in [0.5, 0.6) is 0 Å². The Bertz CT molecular complexity index is 175. The minimum atomic E-state index is -0.622. The van der Waals surface area contributed by atoms with E-state index in [0.29, 0.717) is 5.92 Å². The largest absolute Gasteiger partial charge is 0.481 e. The lowest BCUT2D eigenvalue weighted by Crippen LogP contribution is -2.22. The van der Waals surface area contributed by atoms with E-state index in [4.69, 9.17) is 5.11 Å². The molecule has 0 aliphatic heterocycles. The number of carbonyl (C=O) groups is 1. The summed E-state index contributed by atoms with van der Waals surface area (Å²) < 4.78 is 0. The maximum atomic E-state index is 10.7. The highest BCUT2D eigenvalue weighted by Crippen LogP contribution is 2.31. The van der Waals surface area contributed by atoms with Crippen molar-refractivity contribution in [1.29, 1.82) is 0 Å². The molecule has 0 amide bonds. The molecule has 0 saturated heterocycles. The molecule has 1 saturated carbocycles. The maximum absolute atomic E-state index is 10.7. The Balaban J connectivity index is 2.39. The molecule has 1 aliphatic carbocycles. The zero-order valence-corrected chi connectivity index (χ0v) is 7.33. The topological polar surface area (TPSA) is 37.3 Å². The third kappa shape index (κ3) is 2.36. The fourth-order valence-corrected chi connectivity index (χ4v) is 1.97. The second-order valence-corrected chi connectivity index (χ2v) is 3.59. The molecular weight excluding hydrogens is 152 g/mol. The van der Waals surface area contributed by atoms with Crippen LogP contribution in [0.2, 0.25) is 0 Å². The summed E-state index contributed by atoms with van der Waals surface area (Å²) in [6.07, 6.45) is 6.83. The zero-order valence-electron chi connectivity index (χ0n) is 7.33. The third-order valence-electron chi connectivity index (χ3n) is 2.63. The minimum Gasteiger partial charge on any atom is -0.481 e. The summed E-state index contributed by atoms with van der Waals surface area (Å²) in [6.45, 7) is 3.68. The summed E-state index contributed by atoms with van der Waals surface area (Å²) in [6, 6.07) is 0. The first-order valence-electron chi connectivity index (χ1n) is 4.57. The second kappa shape index (κ2) is 4.29. The Morgan fingerprint density at radius 2 is 2.33 bits per heavy atom. The molecule has 1 aliphatic rings. The van der Waals surface area contributed by atoms with Crippen molar-refractivity contribution in [3.05, 3.63) is 12.7 Å². The monoisotopic (exact) mass is 168 g/mol. The van der Waals surface area contributed by atoms with Crippen LogP contribution in [-0.4, -0.2) is 11.1 Å². The molecule has 0 bridgehead atoms. The van der Waals surface area contributed by atoms with Crippen molar-refractivity contribution < 1.29 is 9.90 Å². The van der Waals surface area contributed by atoms with Crippen molar-refractivity contribution in [2.24, 2.45) is 11.8 Å². The summed E-state index contributed by atoms with van der Waals surface area (Å²) in [5.74, 6) is -0.148. The highest BCUT2D eigenvalue weighted by Gasteiger charge is 2.25. The van der Waals surface area contributed by atoms with Crippen LogP contribution < -0.4 is 0 Å². The summed E-state index contributed by atoms with van der Waals surface area (Å²) in [5, 5.41) is 8.80. The molecule has 1 fully saturated rings. The van der Waals surface area contributed by atoms with Gasteiger partial charge in [-0.25, -0.2) is 0 Å². The van der Waals surface area contributed by atoms with Crippen molar-refractivity contribution in [3.8, 4) is 0 Å². The van der Waals surface area contributed by atoms with Crippen LogP contribution in [0.4, 0.5) is 0 Å². The molecule has 1 N–H and O–H groups in total. The van der Waals surface area contributed by atoms with Crippen LogP contribution in [-0.2, 0) is 4.79 Å². The first-order valence-corrected chi connectivity index (χ1v) is 4.57. The number of carboxylic acids is 1. The van der Waals surface area contributed by atoms with Crippen LogP contribution in [0.25, 0.3) is 0 Å². The molecule has 0 spiro atoms. The number of hydrogen-bond acceptors (Lipinski definition) is 1. The van der Waals surface area contributed by atoms with Crippen LogP contribution >= 0.6 is 0 Å². The average molecular weight is 168 g/mol. The van der Waals surface area contributed by atoms with Crippen LogP contribution in [0.15, 0.2) is 12.7 Å². The Morgan fingerprint density at radius 3 is 2.92 bits per heavy atom. The Morgan fingerprint density at radius 1 is 1.58 bits per heavy atom. The number of aliphatic carboxylic acids is 1. The number of allylic oxidation sites excluding steroid dienone is 1. The maximum Gasteiger partial charge on any atom is 0.306 e. The van der Waals surface area contributed by atoms with E-state index >= 15 is 0 Å². The Kier molecular flexibility index (Phi) is 3.32. The van der Waals surface area contributed by atoms with Crippen molar-refractivity contribution in [2.75, 3.05) is 0 Å². The first kappa shape index (κ1) is 9.30. The van der Waals surface area contributed by atoms with Crippen LogP contribution in [0.1, 0.15) is 32.1 Å². The van der Waals surface area contributed by atoms with Gasteiger partial charge < -0.3 is 5.11 Å². The van der Waals surface area contributed by atoms with Gasteiger partial charge >= 0.3 is 5.97 Å². The quantitative estimate of drug-likeness (QED) is 0.657. The predicted octanol–water partition coefficient (Wildman–Crippen LogP) is 2.45. The molecule has 2 atom stereocenters. The normalized spacial score (nSPS) is 29.7. The van der Waals surface area contributed by atoms with Gasteiger partial charge in [0.15, 0.2) is 0 Å². The van der Waals surface area contributed by atoms with Gasteiger partial charge in [-0.1, -0.05) is 18.9 Å². The molecule has 12 heavy (non-hydrogen) atoms. The number of hydrogen-bond donors (Lipinski definition) is 1. The van der Waals surface area contributed by atoms with Gasteiger partial charge in [-0.05, 0) is 25.2 Å². The highest BCUT2D eigenvalue weighted by molar-refractivity contribution is 5.70. The van der Waals surface area contributed by atoms with E-state index in [1.807, 2.05) is 6.08 Å². The lowest BCUT2D eigenvalue weighted by atomic mass is 9.80. The van der Waals surface area contributed by atoms with Gasteiger partial charge in [-0.2, -0.15) is 0 Å². The Hall–Kier alpha value is -0.790. The SMILES string of the molecule is C=CCC1CCCC(C(=O)O)C1. The zero-order chi connectivity index (χ0) is 8.97. The standard InChI is InChI=1S/C10H16O2/c1-2-4-8-5-3-6-9(7-8)10(11)12/h2,8-9H,1,3-7H2,(H,11,12). The van der Waals surface area contributed by atoms with Gasteiger partial charge in [0.05, 0.1) is 5.92 Å². The molecule has 2 heteroatoms. The molecule has 2 nitrogen and oxygen atoms in total. The fourth-order valence-electron chi connectivity index (χ4n) is 1.97. The highest BCUT2D eigenvalue weighted by atomic mass is 16.4. The van der Waals surface area contributed by atoms with E-state index < -0.39 is 5.97 Å². The molecule has 0 radical (unpaired) electrons. The molecule has 2 unspecified atom stereocenters. The lowest BCUT2D eigenvalue weighted by molar-refractivity contribution is -0.143. The van der Waals surface area contributed by atoms with Crippen molar-refractivity contribution in [1.82, 2.24) is 0 Å². The average Bonchev–Trinajstić information content (AvgIpc) is 2.05. The minimum absolute atomic E-state index is 0.0938. The first-order chi connectivity index (χ1) is 5.74. The molecule has 0 aromatic rings. The number of rotatable bonds is 3. The third-order valence-corrected chi connectivity index (χ3v) is 2.63. The summed E-state index contributed by atoms with van der Waals surface area (Å²) in [5.41, 5.74) is 0. The van der Waals surface area contributed by atoms with Crippen molar-refractivity contribution in [3.63, 3.8) is 0 Å².